The molecule has 0 amide bonds. The zero-order valence-electron chi connectivity index (χ0n) is 14.4. The Morgan fingerprint density at radius 1 is 1.04 bits per heavy atom. The minimum absolute atomic E-state index is 0.0126. The number of hydrogen-bond acceptors (Lipinski definition) is 4. The second-order valence-corrected chi connectivity index (χ2v) is 8.42. The molecule has 0 bridgehead atoms. The normalized spacial score (nSPS) is 11.8. The molecule has 5 nitrogen and oxygen atoms in total. The highest BCUT2D eigenvalue weighted by Crippen LogP contribution is 2.30. The van der Waals surface area contributed by atoms with Gasteiger partial charge in [0, 0.05) is 6.07 Å². The average Bonchev–Trinajstić information content (AvgIpc) is 3.01. The first-order valence-corrected chi connectivity index (χ1v) is 10.1. The summed E-state index contributed by atoms with van der Waals surface area (Å²) in [5.74, 6) is -0.525. The highest BCUT2D eigenvalue weighted by atomic mass is 35.5. The van der Waals surface area contributed by atoms with Crippen molar-refractivity contribution in [2.45, 2.75) is 24.7 Å². The van der Waals surface area contributed by atoms with Gasteiger partial charge in [-0.3, -0.25) is 0 Å². The van der Waals surface area contributed by atoms with Gasteiger partial charge in [-0.1, -0.05) is 37.0 Å². The smallest absolute Gasteiger partial charge is 0.340 e. The largest absolute Gasteiger partial charge is 0.358 e. The van der Waals surface area contributed by atoms with Gasteiger partial charge in [0.25, 0.3) is 0 Å². The summed E-state index contributed by atoms with van der Waals surface area (Å²) >= 11 is 12.0. The van der Waals surface area contributed by atoms with E-state index >= 15 is 0 Å². The van der Waals surface area contributed by atoms with E-state index in [2.05, 4.69) is 5.10 Å². The summed E-state index contributed by atoms with van der Waals surface area (Å²) in [5.41, 5.74) is 1.12. The van der Waals surface area contributed by atoms with Crippen LogP contribution in [0, 0.1) is 5.82 Å². The van der Waals surface area contributed by atoms with Crippen LogP contribution < -0.4 is 4.18 Å². The van der Waals surface area contributed by atoms with Gasteiger partial charge >= 0.3 is 10.1 Å². The van der Waals surface area contributed by atoms with Crippen molar-refractivity contribution < 1.29 is 17.0 Å². The summed E-state index contributed by atoms with van der Waals surface area (Å²) in [5, 5.41) is 5.06. The van der Waals surface area contributed by atoms with Gasteiger partial charge in [-0.2, -0.15) is 18.2 Å². The van der Waals surface area contributed by atoms with Gasteiger partial charge in [-0.15, -0.1) is 0 Å². The summed E-state index contributed by atoms with van der Waals surface area (Å²) in [6, 6.07) is 10.7. The molecule has 0 aliphatic heterocycles. The van der Waals surface area contributed by atoms with E-state index in [-0.39, 0.29) is 16.7 Å². The van der Waals surface area contributed by atoms with Gasteiger partial charge in [0.2, 0.25) is 5.88 Å². The van der Waals surface area contributed by atoms with E-state index in [0.29, 0.717) is 21.4 Å². The molecule has 1 aromatic heterocycles. The predicted molar refractivity (Wildman–Crippen MR) is 102 cm³/mol. The molecular weight excluding hydrogens is 414 g/mol. The molecule has 3 rings (SSSR count). The van der Waals surface area contributed by atoms with Crippen LogP contribution in [0.2, 0.25) is 10.0 Å². The van der Waals surface area contributed by atoms with Crippen LogP contribution >= 0.6 is 23.2 Å². The van der Waals surface area contributed by atoms with Crippen molar-refractivity contribution in [3.8, 4) is 11.6 Å². The van der Waals surface area contributed by atoms with Crippen LogP contribution in [0.25, 0.3) is 5.69 Å². The molecule has 9 heteroatoms. The summed E-state index contributed by atoms with van der Waals surface area (Å²) < 4.78 is 44.8. The molecule has 0 aliphatic rings. The Kier molecular flexibility index (Phi) is 5.46. The summed E-state index contributed by atoms with van der Waals surface area (Å²) in [7, 11) is -4.18. The Bertz CT molecular complexity index is 1080. The minimum Gasteiger partial charge on any atom is -0.358 e. The van der Waals surface area contributed by atoms with Crippen LogP contribution in [0.3, 0.4) is 0 Å². The van der Waals surface area contributed by atoms with Crippen molar-refractivity contribution in [3.05, 3.63) is 70.1 Å². The Morgan fingerprint density at radius 2 is 1.70 bits per heavy atom. The Hall–Kier alpha value is -2.09. The van der Waals surface area contributed by atoms with E-state index in [4.69, 9.17) is 27.4 Å². The van der Waals surface area contributed by atoms with Crippen molar-refractivity contribution in [2.24, 2.45) is 0 Å². The van der Waals surface area contributed by atoms with Gasteiger partial charge < -0.3 is 4.18 Å². The second kappa shape index (κ2) is 7.50. The maximum atomic E-state index is 13.1. The van der Waals surface area contributed by atoms with E-state index in [1.807, 2.05) is 13.8 Å². The molecule has 0 aliphatic carbocycles. The van der Waals surface area contributed by atoms with Crippen LogP contribution in [0.4, 0.5) is 4.39 Å². The third-order valence-electron chi connectivity index (χ3n) is 3.73. The molecule has 0 unspecified atom stereocenters. The highest BCUT2D eigenvalue weighted by molar-refractivity contribution is 7.87. The lowest BCUT2D eigenvalue weighted by atomic mass is 10.1. The third kappa shape index (κ3) is 4.26. The first kappa shape index (κ1) is 19.7. The van der Waals surface area contributed by atoms with Gasteiger partial charge in [0.15, 0.2) is 0 Å². The average molecular weight is 429 g/mol. The van der Waals surface area contributed by atoms with Gasteiger partial charge in [-0.25, -0.2) is 4.39 Å². The molecule has 0 saturated heterocycles. The maximum Gasteiger partial charge on any atom is 0.340 e. The molecule has 0 atom stereocenters. The van der Waals surface area contributed by atoms with E-state index in [0.717, 1.165) is 24.3 Å². The number of halogens is 3. The topological polar surface area (TPSA) is 61.2 Å². The van der Waals surface area contributed by atoms with Crippen LogP contribution in [0.5, 0.6) is 5.88 Å². The molecule has 3 aromatic rings. The SMILES string of the molecule is CC(C)c1cc(OS(=O)(=O)c2ccc(F)cc2)n(-c2ccc(Cl)c(Cl)c2)n1. The van der Waals surface area contributed by atoms with Crippen LogP contribution in [-0.2, 0) is 10.1 Å². The van der Waals surface area contributed by atoms with E-state index < -0.39 is 15.9 Å². The lowest BCUT2D eigenvalue weighted by Crippen LogP contribution is -2.12. The second-order valence-electron chi connectivity index (χ2n) is 6.06. The molecule has 0 saturated carbocycles. The fourth-order valence-corrected chi connectivity index (χ4v) is 3.49. The van der Waals surface area contributed by atoms with Gasteiger partial charge in [0.1, 0.15) is 10.7 Å². The zero-order valence-corrected chi connectivity index (χ0v) is 16.7. The van der Waals surface area contributed by atoms with Crippen molar-refractivity contribution in [1.82, 2.24) is 9.78 Å². The zero-order chi connectivity index (χ0) is 19.8. The lowest BCUT2D eigenvalue weighted by molar-refractivity contribution is 0.464. The first-order chi connectivity index (χ1) is 12.7. The van der Waals surface area contributed by atoms with Crippen LogP contribution in [-0.4, -0.2) is 18.2 Å². The quantitative estimate of drug-likeness (QED) is 0.523. The molecule has 0 spiro atoms. The standard InChI is InChI=1S/C18H15Cl2FN2O3S/c1-11(2)17-10-18(23(22-17)13-5-8-15(19)16(20)9-13)26-27(24,25)14-6-3-12(21)4-7-14/h3-11H,1-2H3. The molecular formula is C18H15Cl2FN2O3S. The molecule has 2 aromatic carbocycles. The highest BCUT2D eigenvalue weighted by Gasteiger charge is 2.22. The Morgan fingerprint density at radius 3 is 2.30 bits per heavy atom. The van der Waals surface area contributed by atoms with Crippen molar-refractivity contribution in [1.29, 1.82) is 0 Å². The number of aromatic nitrogens is 2. The summed E-state index contributed by atoms with van der Waals surface area (Å²) in [6.45, 7) is 3.83. The number of rotatable bonds is 5. The molecule has 142 valence electrons. The van der Waals surface area contributed by atoms with Crippen molar-refractivity contribution in [3.63, 3.8) is 0 Å². The van der Waals surface area contributed by atoms with E-state index in [9.17, 15) is 12.8 Å². The van der Waals surface area contributed by atoms with Crippen molar-refractivity contribution >= 4 is 33.3 Å². The van der Waals surface area contributed by atoms with Crippen LogP contribution in [0.15, 0.2) is 53.4 Å². The Labute approximate surface area is 166 Å². The number of hydrogen-bond donors (Lipinski definition) is 0. The van der Waals surface area contributed by atoms with Gasteiger partial charge in [-0.05, 0) is 48.4 Å². The van der Waals surface area contributed by atoms with Crippen molar-refractivity contribution in [2.75, 3.05) is 0 Å². The lowest BCUT2D eigenvalue weighted by Gasteiger charge is -2.10. The molecule has 27 heavy (non-hydrogen) atoms. The molecule has 0 N–H and O–H groups in total. The fourth-order valence-electron chi connectivity index (χ4n) is 2.29. The monoisotopic (exact) mass is 428 g/mol. The Balaban J connectivity index is 2.06. The van der Waals surface area contributed by atoms with Gasteiger partial charge in [0.05, 0.1) is 21.4 Å². The third-order valence-corrected chi connectivity index (χ3v) is 5.71. The van der Waals surface area contributed by atoms with E-state index in [1.165, 1.54) is 10.7 Å². The fraction of sp³-hybridized carbons (Fsp3) is 0.167. The predicted octanol–water partition coefficient (Wildman–Crippen LogP) is 5.21. The molecule has 0 fully saturated rings. The molecule has 1 heterocycles. The number of nitrogens with zero attached hydrogens (tertiary/aromatic N) is 2. The maximum absolute atomic E-state index is 13.1. The van der Waals surface area contributed by atoms with E-state index in [1.54, 1.807) is 18.2 Å². The molecule has 0 radical (unpaired) electrons. The minimum atomic E-state index is -4.18. The van der Waals surface area contributed by atoms with Crippen LogP contribution in [0.1, 0.15) is 25.5 Å². The first-order valence-electron chi connectivity index (χ1n) is 7.93. The summed E-state index contributed by atoms with van der Waals surface area (Å²) in [4.78, 5) is -0.170. The summed E-state index contributed by atoms with van der Waals surface area (Å²) in [6.07, 6.45) is 0. The number of benzene rings is 2.